The average Bonchev–Trinajstić information content (AvgIpc) is 2.24. The van der Waals surface area contributed by atoms with E-state index in [2.05, 4.69) is 10.6 Å². The van der Waals surface area contributed by atoms with Gasteiger partial charge in [0, 0.05) is 5.69 Å². The normalized spacial score (nSPS) is 9.24. The minimum atomic E-state index is -0.814. The largest absolute Gasteiger partial charge is 0.335 e. The van der Waals surface area contributed by atoms with Crippen LogP contribution in [0.5, 0.6) is 0 Å². The van der Waals surface area contributed by atoms with Gasteiger partial charge in [-0.1, -0.05) is 6.07 Å². The molecule has 88 valence electrons. The summed E-state index contributed by atoms with van der Waals surface area (Å²) >= 11 is 0. The number of rotatable bonds is 2. The number of nitrogens with one attached hydrogen (secondary N) is 2. The Labute approximate surface area is 99.4 Å². The molecule has 0 atom stereocenters. The summed E-state index contributed by atoms with van der Waals surface area (Å²) in [6.45, 7) is 3.62. The van der Waals surface area contributed by atoms with Crippen LogP contribution in [0.2, 0.25) is 0 Å². The van der Waals surface area contributed by atoms with Gasteiger partial charge in [-0.15, -0.1) is 0 Å². The molecule has 0 saturated heterocycles. The first-order valence-electron chi connectivity index (χ1n) is 5.07. The zero-order valence-corrected chi connectivity index (χ0v) is 9.70. The molecule has 0 saturated carbocycles. The van der Waals surface area contributed by atoms with Crippen LogP contribution in [-0.4, -0.2) is 18.4 Å². The third-order valence-corrected chi connectivity index (χ3v) is 2.01. The maximum atomic E-state index is 11.4. The summed E-state index contributed by atoms with van der Waals surface area (Å²) < 4.78 is 0. The molecule has 5 heteroatoms. The molecule has 0 aliphatic carbocycles. The van der Waals surface area contributed by atoms with Crippen molar-refractivity contribution in [1.82, 2.24) is 5.32 Å². The van der Waals surface area contributed by atoms with Crippen LogP contribution >= 0.6 is 0 Å². The van der Waals surface area contributed by atoms with Crippen LogP contribution in [0, 0.1) is 25.2 Å². The average molecular weight is 231 g/mol. The standard InChI is InChI=1S/C12H13N3O2/c1-8-5-9(2)7-10(6-8)15-12(17)11(16)14-4-3-13/h5-7H,4H2,1-2H3,(H,14,16)(H,15,17). The minimum absolute atomic E-state index is 0.181. The molecule has 0 aliphatic rings. The second kappa shape index (κ2) is 5.66. The van der Waals surface area contributed by atoms with E-state index < -0.39 is 11.8 Å². The third-order valence-electron chi connectivity index (χ3n) is 2.01. The lowest BCUT2D eigenvalue weighted by Gasteiger charge is -2.06. The Bertz CT molecular complexity index is 469. The van der Waals surface area contributed by atoms with E-state index >= 15 is 0 Å². The van der Waals surface area contributed by atoms with Crippen molar-refractivity contribution in [2.24, 2.45) is 0 Å². The number of nitriles is 1. The number of nitrogens with zero attached hydrogens (tertiary/aromatic N) is 1. The highest BCUT2D eigenvalue weighted by atomic mass is 16.2. The first kappa shape index (κ1) is 12.7. The number of carbonyl (C=O) groups is 2. The van der Waals surface area contributed by atoms with Gasteiger partial charge in [-0.2, -0.15) is 5.26 Å². The van der Waals surface area contributed by atoms with E-state index in [1.807, 2.05) is 19.9 Å². The van der Waals surface area contributed by atoms with Gasteiger partial charge in [-0.05, 0) is 37.1 Å². The van der Waals surface area contributed by atoms with Crippen molar-refractivity contribution < 1.29 is 9.59 Å². The van der Waals surface area contributed by atoms with Crippen molar-refractivity contribution in [3.63, 3.8) is 0 Å². The van der Waals surface area contributed by atoms with Gasteiger partial charge in [-0.25, -0.2) is 0 Å². The topological polar surface area (TPSA) is 82.0 Å². The molecule has 5 nitrogen and oxygen atoms in total. The second-order valence-corrected chi connectivity index (χ2v) is 3.67. The minimum Gasteiger partial charge on any atom is -0.335 e. The molecule has 0 radical (unpaired) electrons. The Kier molecular flexibility index (Phi) is 4.23. The third kappa shape index (κ3) is 3.95. The van der Waals surface area contributed by atoms with Crippen LogP contribution < -0.4 is 10.6 Å². The smallest absolute Gasteiger partial charge is 0.313 e. The van der Waals surface area contributed by atoms with Crippen LogP contribution in [-0.2, 0) is 9.59 Å². The van der Waals surface area contributed by atoms with Crippen molar-refractivity contribution in [1.29, 1.82) is 5.26 Å². The molecule has 0 unspecified atom stereocenters. The Morgan fingerprint density at radius 3 is 2.29 bits per heavy atom. The molecule has 0 aromatic heterocycles. The number of amides is 2. The van der Waals surface area contributed by atoms with E-state index in [0.717, 1.165) is 11.1 Å². The summed E-state index contributed by atoms with van der Waals surface area (Å²) in [5.41, 5.74) is 2.56. The summed E-state index contributed by atoms with van der Waals surface area (Å²) in [5, 5.41) is 12.9. The van der Waals surface area contributed by atoms with Gasteiger partial charge in [0.2, 0.25) is 0 Å². The summed E-state index contributed by atoms with van der Waals surface area (Å²) in [7, 11) is 0. The van der Waals surface area contributed by atoms with E-state index in [9.17, 15) is 9.59 Å². The first-order chi connectivity index (χ1) is 8.02. The molecular formula is C12H13N3O2. The number of benzene rings is 1. The molecule has 0 bridgehead atoms. The van der Waals surface area contributed by atoms with Gasteiger partial charge in [0.05, 0.1) is 6.07 Å². The highest BCUT2D eigenvalue weighted by Crippen LogP contribution is 2.13. The quantitative estimate of drug-likeness (QED) is 0.585. The maximum Gasteiger partial charge on any atom is 0.313 e. The molecule has 1 aromatic carbocycles. The van der Waals surface area contributed by atoms with Crippen molar-refractivity contribution in [3.05, 3.63) is 29.3 Å². The predicted molar refractivity (Wildman–Crippen MR) is 63.2 cm³/mol. The van der Waals surface area contributed by atoms with Gasteiger partial charge >= 0.3 is 11.8 Å². The van der Waals surface area contributed by atoms with Gasteiger partial charge in [0.15, 0.2) is 0 Å². The van der Waals surface area contributed by atoms with Crippen LogP contribution in [0.1, 0.15) is 11.1 Å². The van der Waals surface area contributed by atoms with E-state index in [-0.39, 0.29) is 6.54 Å². The fourth-order valence-corrected chi connectivity index (χ4v) is 1.43. The number of anilines is 1. The number of hydrogen-bond donors (Lipinski definition) is 2. The molecule has 1 rings (SSSR count). The molecule has 0 heterocycles. The fourth-order valence-electron chi connectivity index (χ4n) is 1.43. The molecule has 1 aromatic rings. The maximum absolute atomic E-state index is 11.4. The highest BCUT2D eigenvalue weighted by Gasteiger charge is 2.12. The molecule has 0 aliphatic heterocycles. The van der Waals surface area contributed by atoms with E-state index in [0.29, 0.717) is 5.69 Å². The Balaban J connectivity index is 2.68. The molecule has 0 fully saturated rings. The predicted octanol–water partition coefficient (Wildman–Crippen LogP) is 0.882. The number of aryl methyl sites for hydroxylation is 2. The molecule has 2 N–H and O–H groups in total. The molecular weight excluding hydrogens is 218 g/mol. The molecule has 2 amide bonds. The SMILES string of the molecule is Cc1cc(C)cc(NC(=O)C(=O)NCC#N)c1. The Morgan fingerprint density at radius 1 is 1.18 bits per heavy atom. The lowest BCUT2D eigenvalue weighted by molar-refractivity contribution is -0.136. The van der Waals surface area contributed by atoms with Gasteiger partial charge in [-0.3, -0.25) is 9.59 Å². The van der Waals surface area contributed by atoms with Crippen LogP contribution in [0.15, 0.2) is 18.2 Å². The van der Waals surface area contributed by atoms with E-state index in [4.69, 9.17) is 5.26 Å². The molecule has 17 heavy (non-hydrogen) atoms. The van der Waals surface area contributed by atoms with Gasteiger partial charge in [0.25, 0.3) is 0 Å². The molecule has 0 spiro atoms. The van der Waals surface area contributed by atoms with E-state index in [1.165, 1.54) is 0 Å². The zero-order valence-electron chi connectivity index (χ0n) is 9.70. The number of hydrogen-bond acceptors (Lipinski definition) is 3. The highest BCUT2D eigenvalue weighted by molar-refractivity contribution is 6.39. The lowest BCUT2D eigenvalue weighted by Crippen LogP contribution is -2.35. The van der Waals surface area contributed by atoms with Crippen LogP contribution in [0.3, 0.4) is 0 Å². The zero-order chi connectivity index (χ0) is 12.8. The van der Waals surface area contributed by atoms with Crippen molar-refractivity contribution in [2.75, 3.05) is 11.9 Å². The summed E-state index contributed by atoms with van der Waals surface area (Å²) in [6.07, 6.45) is 0. The van der Waals surface area contributed by atoms with Gasteiger partial charge < -0.3 is 10.6 Å². The van der Waals surface area contributed by atoms with Crippen molar-refractivity contribution in [2.45, 2.75) is 13.8 Å². The summed E-state index contributed by atoms with van der Waals surface area (Å²) in [4.78, 5) is 22.6. The first-order valence-corrected chi connectivity index (χ1v) is 5.07. The van der Waals surface area contributed by atoms with Crippen molar-refractivity contribution >= 4 is 17.5 Å². The van der Waals surface area contributed by atoms with Crippen LogP contribution in [0.4, 0.5) is 5.69 Å². The summed E-state index contributed by atoms with van der Waals surface area (Å²) in [5.74, 6) is -1.59. The van der Waals surface area contributed by atoms with E-state index in [1.54, 1.807) is 18.2 Å². The van der Waals surface area contributed by atoms with Gasteiger partial charge in [0.1, 0.15) is 6.54 Å². The fraction of sp³-hybridized carbons (Fsp3) is 0.250. The Hall–Kier alpha value is -2.35. The summed E-state index contributed by atoms with van der Waals surface area (Å²) in [6, 6.07) is 7.22. The number of carbonyl (C=O) groups excluding carboxylic acids is 2. The monoisotopic (exact) mass is 231 g/mol. The second-order valence-electron chi connectivity index (χ2n) is 3.67. The van der Waals surface area contributed by atoms with Crippen LogP contribution in [0.25, 0.3) is 0 Å². The Morgan fingerprint density at radius 2 is 1.76 bits per heavy atom. The lowest BCUT2D eigenvalue weighted by atomic mass is 10.1. The van der Waals surface area contributed by atoms with Crippen molar-refractivity contribution in [3.8, 4) is 6.07 Å².